The van der Waals surface area contributed by atoms with Gasteiger partial charge in [-0.3, -0.25) is 14.4 Å². The van der Waals surface area contributed by atoms with Gasteiger partial charge < -0.3 is 20.9 Å². The summed E-state index contributed by atoms with van der Waals surface area (Å²) in [5.74, 6) is 0.725. The number of thioether (sulfide) groups is 1. The van der Waals surface area contributed by atoms with E-state index >= 15 is 0 Å². The number of anilines is 1. The van der Waals surface area contributed by atoms with E-state index in [1.54, 1.807) is 36.0 Å². The van der Waals surface area contributed by atoms with Crippen LogP contribution >= 0.6 is 11.8 Å². The Morgan fingerprint density at radius 3 is 2.75 bits per heavy atom. The van der Waals surface area contributed by atoms with Gasteiger partial charge in [0.05, 0.1) is 28.3 Å². The number of carbonyl (C=O) groups is 3. The van der Waals surface area contributed by atoms with E-state index in [4.69, 9.17) is 0 Å². The van der Waals surface area contributed by atoms with Crippen molar-refractivity contribution in [2.75, 3.05) is 17.3 Å². The summed E-state index contributed by atoms with van der Waals surface area (Å²) >= 11 is 1.70. The van der Waals surface area contributed by atoms with E-state index in [0.717, 1.165) is 23.2 Å². The van der Waals surface area contributed by atoms with Crippen molar-refractivity contribution in [2.45, 2.75) is 31.3 Å². The van der Waals surface area contributed by atoms with Crippen molar-refractivity contribution in [3.05, 3.63) is 59.9 Å². The van der Waals surface area contributed by atoms with E-state index in [9.17, 15) is 14.4 Å². The molecule has 2 atom stereocenters. The number of hydrogen-bond donors (Lipinski definition) is 4. The third kappa shape index (κ3) is 4.94. The fourth-order valence-corrected chi connectivity index (χ4v) is 4.18. The highest BCUT2D eigenvalue weighted by Gasteiger charge is 2.28. The van der Waals surface area contributed by atoms with E-state index in [1.165, 1.54) is 0 Å². The van der Waals surface area contributed by atoms with Crippen LogP contribution in [0.4, 0.5) is 5.69 Å². The van der Waals surface area contributed by atoms with E-state index in [1.807, 2.05) is 30.5 Å². The van der Waals surface area contributed by atoms with E-state index < -0.39 is 6.04 Å². The Morgan fingerprint density at radius 1 is 1.16 bits per heavy atom. The number of H-pyrrole nitrogens is 1. The summed E-state index contributed by atoms with van der Waals surface area (Å²) in [5.41, 5.74) is 2.66. The molecule has 3 aromatic rings. The number of aromatic nitrogens is 2. The summed E-state index contributed by atoms with van der Waals surface area (Å²) in [6.45, 7) is 0. The quantitative estimate of drug-likeness (QED) is 0.420. The van der Waals surface area contributed by atoms with Crippen LogP contribution in [0.2, 0.25) is 0 Å². The van der Waals surface area contributed by atoms with Crippen molar-refractivity contribution in [3.8, 4) is 0 Å². The van der Waals surface area contributed by atoms with Crippen LogP contribution in [-0.4, -0.2) is 45.7 Å². The summed E-state index contributed by atoms with van der Waals surface area (Å²) in [6.07, 6.45) is 3.04. The van der Waals surface area contributed by atoms with E-state index in [0.29, 0.717) is 17.1 Å². The lowest BCUT2D eigenvalue weighted by Gasteiger charge is -2.18. The molecule has 2 aromatic carbocycles. The number of carbonyl (C=O) groups excluding carboxylic acids is 3. The Hall–Kier alpha value is -3.33. The van der Waals surface area contributed by atoms with Crippen molar-refractivity contribution in [1.82, 2.24) is 20.6 Å². The maximum atomic E-state index is 12.7. The van der Waals surface area contributed by atoms with Gasteiger partial charge in [-0.1, -0.05) is 24.3 Å². The number of nitrogens with zero attached hydrogens (tertiary/aromatic N) is 1. The molecule has 0 spiro atoms. The highest BCUT2D eigenvalue weighted by Crippen LogP contribution is 2.21. The lowest BCUT2D eigenvalue weighted by Crippen LogP contribution is -2.42. The van der Waals surface area contributed by atoms with Crippen LogP contribution in [0, 0.1) is 0 Å². The van der Waals surface area contributed by atoms with Crippen molar-refractivity contribution in [2.24, 2.45) is 0 Å². The number of benzene rings is 2. The average Bonchev–Trinajstić information content (AvgIpc) is 3.18. The number of aromatic amines is 1. The van der Waals surface area contributed by atoms with Gasteiger partial charge in [0.1, 0.15) is 11.9 Å². The molecule has 3 amide bonds. The standard InChI is InChI=1S/C23H25N5O3S/c1-32-13-12-18(21-25-16-8-4-5-9-17(16)26-21)24-20(29)11-10-19-23(31)27-15-7-3-2-6-14(15)22(30)28-19/h2-9,18-19H,10-13H2,1H3,(H,24,29)(H,25,26)(H,27,31)(H,28,30)/t18-,19+/m1/s1. The Labute approximate surface area is 189 Å². The zero-order valence-electron chi connectivity index (χ0n) is 17.7. The first-order valence-corrected chi connectivity index (χ1v) is 11.9. The van der Waals surface area contributed by atoms with Crippen molar-refractivity contribution < 1.29 is 14.4 Å². The summed E-state index contributed by atoms with van der Waals surface area (Å²) in [6, 6.07) is 13.5. The molecule has 0 fully saturated rings. The topological polar surface area (TPSA) is 116 Å². The van der Waals surface area contributed by atoms with Gasteiger partial charge in [0.2, 0.25) is 11.8 Å². The van der Waals surface area contributed by atoms with Gasteiger partial charge in [-0.15, -0.1) is 0 Å². The maximum Gasteiger partial charge on any atom is 0.254 e. The molecule has 9 heteroatoms. The number of imidazole rings is 1. The molecule has 1 aromatic heterocycles. The number of fused-ring (bicyclic) bond motifs is 2. The van der Waals surface area contributed by atoms with Gasteiger partial charge in [-0.2, -0.15) is 11.8 Å². The van der Waals surface area contributed by atoms with Crippen molar-refractivity contribution >= 4 is 46.2 Å². The normalized spacial score (nSPS) is 16.6. The fourth-order valence-electron chi connectivity index (χ4n) is 3.71. The van der Waals surface area contributed by atoms with Crippen LogP contribution in [0.3, 0.4) is 0 Å². The van der Waals surface area contributed by atoms with E-state index in [2.05, 4.69) is 25.9 Å². The molecule has 1 aliphatic rings. The Kier molecular flexibility index (Phi) is 6.75. The number of para-hydroxylation sites is 3. The molecule has 0 saturated heterocycles. The minimum atomic E-state index is -0.781. The smallest absolute Gasteiger partial charge is 0.254 e. The number of hydrogen-bond acceptors (Lipinski definition) is 5. The summed E-state index contributed by atoms with van der Waals surface area (Å²) < 4.78 is 0. The minimum absolute atomic E-state index is 0.102. The monoisotopic (exact) mass is 451 g/mol. The largest absolute Gasteiger partial charge is 0.346 e. The second kappa shape index (κ2) is 9.86. The SMILES string of the molecule is CSCC[C@@H](NC(=O)CC[C@@H]1NC(=O)c2ccccc2NC1=O)c1nc2ccccc2[nH]1. The minimum Gasteiger partial charge on any atom is -0.346 e. The number of nitrogens with one attached hydrogen (secondary N) is 4. The average molecular weight is 452 g/mol. The zero-order chi connectivity index (χ0) is 22.5. The summed E-state index contributed by atoms with van der Waals surface area (Å²) in [4.78, 5) is 45.7. The van der Waals surface area contributed by atoms with Crippen LogP contribution in [0.15, 0.2) is 48.5 Å². The Bertz CT molecular complexity index is 1110. The number of rotatable bonds is 8. The molecule has 2 heterocycles. The third-order valence-electron chi connectivity index (χ3n) is 5.40. The lowest BCUT2D eigenvalue weighted by atomic mass is 10.1. The first-order valence-electron chi connectivity index (χ1n) is 10.5. The molecular formula is C23H25N5O3S. The molecule has 166 valence electrons. The molecular weight excluding hydrogens is 426 g/mol. The highest BCUT2D eigenvalue weighted by molar-refractivity contribution is 7.98. The first kappa shape index (κ1) is 21.9. The molecule has 32 heavy (non-hydrogen) atoms. The van der Waals surface area contributed by atoms with Crippen LogP contribution in [0.25, 0.3) is 11.0 Å². The molecule has 4 N–H and O–H groups in total. The zero-order valence-corrected chi connectivity index (χ0v) is 18.5. The number of amides is 3. The second-order valence-corrected chi connectivity index (χ2v) is 8.63. The summed E-state index contributed by atoms with van der Waals surface area (Å²) in [5, 5.41) is 8.53. The van der Waals surface area contributed by atoms with Crippen molar-refractivity contribution in [1.29, 1.82) is 0 Å². The van der Waals surface area contributed by atoms with Gasteiger partial charge in [-0.05, 0) is 49.1 Å². The van der Waals surface area contributed by atoms with Crippen molar-refractivity contribution in [3.63, 3.8) is 0 Å². The van der Waals surface area contributed by atoms with Gasteiger partial charge in [0, 0.05) is 6.42 Å². The fraction of sp³-hybridized carbons (Fsp3) is 0.304. The Balaban J connectivity index is 1.40. The third-order valence-corrected chi connectivity index (χ3v) is 6.04. The predicted octanol–water partition coefficient (Wildman–Crippen LogP) is 3.00. The van der Waals surface area contributed by atoms with Gasteiger partial charge in [0.25, 0.3) is 5.91 Å². The molecule has 8 nitrogen and oxygen atoms in total. The molecule has 1 aliphatic heterocycles. The molecule has 0 radical (unpaired) electrons. The van der Waals surface area contributed by atoms with E-state index in [-0.39, 0.29) is 36.6 Å². The van der Waals surface area contributed by atoms with Crippen LogP contribution in [0.5, 0.6) is 0 Å². The predicted molar refractivity (Wildman–Crippen MR) is 126 cm³/mol. The molecule has 0 saturated carbocycles. The molecule has 4 rings (SSSR count). The van der Waals surface area contributed by atoms with Gasteiger partial charge >= 0.3 is 0 Å². The Morgan fingerprint density at radius 2 is 1.94 bits per heavy atom. The summed E-state index contributed by atoms with van der Waals surface area (Å²) in [7, 11) is 0. The van der Waals surface area contributed by atoms with Crippen LogP contribution < -0.4 is 16.0 Å². The van der Waals surface area contributed by atoms with Crippen LogP contribution in [-0.2, 0) is 9.59 Å². The molecule has 0 unspecified atom stereocenters. The van der Waals surface area contributed by atoms with Gasteiger partial charge in [0.15, 0.2) is 0 Å². The van der Waals surface area contributed by atoms with Gasteiger partial charge in [-0.25, -0.2) is 4.98 Å². The maximum absolute atomic E-state index is 12.7. The molecule has 0 aliphatic carbocycles. The first-order chi connectivity index (χ1) is 15.5. The highest BCUT2D eigenvalue weighted by atomic mass is 32.2. The molecule has 0 bridgehead atoms. The second-order valence-electron chi connectivity index (χ2n) is 7.64. The van der Waals surface area contributed by atoms with Crippen LogP contribution in [0.1, 0.15) is 41.5 Å². The lowest BCUT2D eigenvalue weighted by molar-refractivity contribution is -0.122.